The van der Waals surface area contributed by atoms with Crippen molar-refractivity contribution in [2.24, 2.45) is 5.73 Å². The third-order valence-electron chi connectivity index (χ3n) is 2.52. The number of benzene rings is 1. The van der Waals surface area contributed by atoms with E-state index in [-0.39, 0.29) is 23.7 Å². The molecule has 1 aromatic rings. The molecule has 1 aromatic carbocycles. The predicted molar refractivity (Wildman–Crippen MR) is 68.3 cm³/mol. The van der Waals surface area contributed by atoms with Crippen LogP contribution in [0.1, 0.15) is 18.5 Å². The third-order valence-corrected chi connectivity index (χ3v) is 3.92. The molecule has 0 heterocycles. The van der Waals surface area contributed by atoms with E-state index in [9.17, 15) is 9.50 Å². The van der Waals surface area contributed by atoms with Crippen LogP contribution in [0, 0.1) is 5.82 Å². The highest BCUT2D eigenvalue weighted by atomic mass is 32.2. The van der Waals surface area contributed by atoms with Crippen LogP contribution >= 0.6 is 11.8 Å². The van der Waals surface area contributed by atoms with Crippen LogP contribution in [0.2, 0.25) is 0 Å². The molecule has 3 unspecified atom stereocenters. The summed E-state index contributed by atoms with van der Waals surface area (Å²) in [4.78, 5) is 0. The minimum Gasteiger partial charge on any atom is -0.394 e. The standard InChI is InChI=1S/C12H18FNO2S/c1-8(17-7-11(16)6-15)12(14)9-2-4-10(13)5-3-9/h2-5,8,11-12,15-16H,6-7,14H2,1H3. The van der Waals surface area contributed by atoms with Crippen LogP contribution in [0.3, 0.4) is 0 Å². The highest BCUT2D eigenvalue weighted by molar-refractivity contribution is 7.99. The fraction of sp³-hybridized carbons (Fsp3) is 0.500. The van der Waals surface area contributed by atoms with Gasteiger partial charge in [0.25, 0.3) is 0 Å². The van der Waals surface area contributed by atoms with E-state index in [1.54, 1.807) is 12.1 Å². The number of thioether (sulfide) groups is 1. The smallest absolute Gasteiger partial charge is 0.123 e. The quantitative estimate of drug-likeness (QED) is 0.720. The number of nitrogens with two attached hydrogens (primary N) is 1. The van der Waals surface area contributed by atoms with Gasteiger partial charge >= 0.3 is 0 Å². The average molecular weight is 259 g/mol. The summed E-state index contributed by atoms with van der Waals surface area (Å²) in [6, 6.07) is 5.88. The zero-order chi connectivity index (χ0) is 12.8. The SMILES string of the molecule is CC(SCC(O)CO)C(N)c1ccc(F)cc1. The molecule has 0 amide bonds. The van der Waals surface area contributed by atoms with Crippen molar-refractivity contribution in [3.8, 4) is 0 Å². The summed E-state index contributed by atoms with van der Waals surface area (Å²) in [7, 11) is 0. The Morgan fingerprint density at radius 3 is 2.47 bits per heavy atom. The van der Waals surface area contributed by atoms with E-state index < -0.39 is 6.10 Å². The Labute approximate surface area is 105 Å². The van der Waals surface area contributed by atoms with Gasteiger partial charge in [-0.1, -0.05) is 19.1 Å². The predicted octanol–water partition coefficient (Wildman–Crippen LogP) is 1.30. The average Bonchev–Trinajstić information content (AvgIpc) is 2.35. The zero-order valence-corrected chi connectivity index (χ0v) is 10.5. The largest absolute Gasteiger partial charge is 0.394 e. The van der Waals surface area contributed by atoms with Gasteiger partial charge in [0.15, 0.2) is 0 Å². The van der Waals surface area contributed by atoms with E-state index in [4.69, 9.17) is 10.8 Å². The highest BCUT2D eigenvalue weighted by Crippen LogP contribution is 2.24. The lowest BCUT2D eigenvalue weighted by molar-refractivity contribution is 0.113. The van der Waals surface area contributed by atoms with Gasteiger partial charge in [0.05, 0.1) is 12.7 Å². The minimum atomic E-state index is -0.720. The zero-order valence-electron chi connectivity index (χ0n) is 9.71. The summed E-state index contributed by atoms with van der Waals surface area (Å²) in [6.07, 6.45) is -0.720. The fourth-order valence-electron chi connectivity index (χ4n) is 1.38. The van der Waals surface area contributed by atoms with Crippen LogP contribution in [-0.2, 0) is 0 Å². The summed E-state index contributed by atoms with van der Waals surface area (Å²) in [5.41, 5.74) is 6.89. The lowest BCUT2D eigenvalue weighted by atomic mass is 10.1. The molecule has 0 bridgehead atoms. The van der Waals surface area contributed by atoms with Gasteiger partial charge < -0.3 is 15.9 Å². The molecular formula is C12H18FNO2S. The molecule has 0 aromatic heterocycles. The maximum atomic E-state index is 12.7. The van der Waals surface area contributed by atoms with Gasteiger partial charge in [-0.05, 0) is 17.7 Å². The topological polar surface area (TPSA) is 66.5 Å². The summed E-state index contributed by atoms with van der Waals surface area (Å²) < 4.78 is 12.7. The molecule has 0 spiro atoms. The van der Waals surface area contributed by atoms with Crippen LogP contribution in [0.5, 0.6) is 0 Å². The Morgan fingerprint density at radius 2 is 1.94 bits per heavy atom. The first-order chi connectivity index (χ1) is 8.04. The number of aliphatic hydroxyl groups excluding tert-OH is 2. The second-order valence-corrected chi connectivity index (χ2v) is 5.36. The molecule has 0 aliphatic carbocycles. The normalized spacial score (nSPS) is 16.5. The minimum absolute atomic E-state index is 0.0849. The molecule has 5 heteroatoms. The molecule has 3 nitrogen and oxygen atoms in total. The fourth-order valence-corrected chi connectivity index (χ4v) is 2.37. The van der Waals surface area contributed by atoms with Crippen molar-refractivity contribution in [2.75, 3.05) is 12.4 Å². The number of rotatable bonds is 6. The van der Waals surface area contributed by atoms with Gasteiger partial charge in [-0.3, -0.25) is 0 Å². The van der Waals surface area contributed by atoms with Crippen molar-refractivity contribution >= 4 is 11.8 Å². The van der Waals surface area contributed by atoms with E-state index in [0.717, 1.165) is 5.56 Å². The van der Waals surface area contributed by atoms with E-state index in [2.05, 4.69) is 0 Å². The first kappa shape index (κ1) is 14.4. The van der Waals surface area contributed by atoms with E-state index in [1.807, 2.05) is 6.92 Å². The Morgan fingerprint density at radius 1 is 1.35 bits per heavy atom. The van der Waals surface area contributed by atoms with E-state index in [0.29, 0.717) is 5.75 Å². The summed E-state index contributed by atoms with van der Waals surface area (Å²) in [5, 5.41) is 18.0. The van der Waals surface area contributed by atoms with Crippen molar-refractivity contribution in [3.63, 3.8) is 0 Å². The number of aliphatic hydroxyl groups is 2. The lowest BCUT2D eigenvalue weighted by Crippen LogP contribution is -2.24. The Kier molecular flexibility index (Phi) is 5.91. The van der Waals surface area contributed by atoms with Gasteiger partial charge in [-0.15, -0.1) is 0 Å². The monoisotopic (exact) mass is 259 g/mol. The molecule has 4 N–H and O–H groups in total. The van der Waals surface area contributed by atoms with Crippen molar-refractivity contribution in [1.82, 2.24) is 0 Å². The van der Waals surface area contributed by atoms with Crippen molar-refractivity contribution in [2.45, 2.75) is 24.3 Å². The van der Waals surface area contributed by atoms with Crippen LogP contribution in [-0.4, -0.2) is 33.9 Å². The molecule has 0 saturated carbocycles. The van der Waals surface area contributed by atoms with E-state index >= 15 is 0 Å². The number of hydrogen-bond acceptors (Lipinski definition) is 4. The maximum absolute atomic E-state index is 12.7. The van der Waals surface area contributed by atoms with Gasteiger partial charge in [-0.25, -0.2) is 4.39 Å². The van der Waals surface area contributed by atoms with E-state index in [1.165, 1.54) is 23.9 Å². The Hall–Kier alpha value is -0.620. The number of halogens is 1. The summed E-state index contributed by atoms with van der Waals surface area (Å²) in [6.45, 7) is 1.70. The Bertz CT molecular complexity index is 334. The first-order valence-electron chi connectivity index (χ1n) is 5.46. The van der Waals surface area contributed by atoms with Gasteiger partial charge in [0.1, 0.15) is 5.82 Å². The molecule has 1 rings (SSSR count). The van der Waals surface area contributed by atoms with Crippen molar-refractivity contribution < 1.29 is 14.6 Å². The van der Waals surface area contributed by atoms with Crippen LogP contribution in [0.25, 0.3) is 0 Å². The third kappa shape index (κ3) is 4.63. The maximum Gasteiger partial charge on any atom is 0.123 e. The van der Waals surface area contributed by atoms with Crippen molar-refractivity contribution in [3.05, 3.63) is 35.6 Å². The van der Waals surface area contributed by atoms with Gasteiger partial charge in [0, 0.05) is 17.0 Å². The highest BCUT2D eigenvalue weighted by Gasteiger charge is 2.16. The molecule has 0 saturated heterocycles. The molecule has 17 heavy (non-hydrogen) atoms. The van der Waals surface area contributed by atoms with Crippen LogP contribution < -0.4 is 5.73 Å². The number of hydrogen-bond donors (Lipinski definition) is 3. The molecule has 96 valence electrons. The first-order valence-corrected chi connectivity index (χ1v) is 6.51. The molecular weight excluding hydrogens is 241 g/mol. The molecule has 0 radical (unpaired) electrons. The summed E-state index contributed by atoms with van der Waals surface area (Å²) in [5.74, 6) is 0.156. The molecule has 0 aliphatic rings. The van der Waals surface area contributed by atoms with Crippen molar-refractivity contribution in [1.29, 1.82) is 0 Å². The Balaban J connectivity index is 2.51. The molecule has 0 aliphatic heterocycles. The second-order valence-electron chi connectivity index (χ2n) is 3.95. The molecule has 0 fully saturated rings. The van der Waals surface area contributed by atoms with Gasteiger partial charge in [0.2, 0.25) is 0 Å². The van der Waals surface area contributed by atoms with Gasteiger partial charge in [-0.2, -0.15) is 11.8 Å². The van der Waals surface area contributed by atoms with Crippen LogP contribution in [0.4, 0.5) is 4.39 Å². The van der Waals surface area contributed by atoms with Crippen LogP contribution in [0.15, 0.2) is 24.3 Å². The summed E-state index contributed by atoms with van der Waals surface area (Å²) >= 11 is 1.49. The second kappa shape index (κ2) is 6.96. The lowest BCUT2D eigenvalue weighted by Gasteiger charge is -2.20. The molecule has 3 atom stereocenters.